The third kappa shape index (κ3) is 4.45. The van der Waals surface area contributed by atoms with Gasteiger partial charge in [-0.1, -0.05) is 0 Å². The fourth-order valence-corrected chi connectivity index (χ4v) is 3.02. The van der Waals surface area contributed by atoms with E-state index < -0.39 is 0 Å². The summed E-state index contributed by atoms with van der Waals surface area (Å²) in [6.07, 6.45) is 7.87. The predicted octanol–water partition coefficient (Wildman–Crippen LogP) is 1.60. The fraction of sp³-hybridized carbons (Fsp3) is 0.600. The molecule has 6 nitrogen and oxygen atoms in total. The zero-order valence-corrected chi connectivity index (χ0v) is 15.1. The Hall–Kier alpha value is -1.09. The van der Waals surface area contributed by atoms with Crippen molar-refractivity contribution in [3.63, 3.8) is 0 Å². The van der Waals surface area contributed by atoms with Crippen molar-refractivity contribution in [2.24, 2.45) is 4.99 Å². The molecule has 2 saturated heterocycles. The van der Waals surface area contributed by atoms with Gasteiger partial charge in [0.05, 0.1) is 18.2 Å². The van der Waals surface area contributed by atoms with Gasteiger partial charge in [-0.25, -0.2) is 0 Å². The van der Waals surface area contributed by atoms with Crippen LogP contribution in [0.25, 0.3) is 0 Å². The monoisotopic (exact) mass is 417 g/mol. The summed E-state index contributed by atoms with van der Waals surface area (Å²) in [6, 6.07) is 4.32. The number of hydrogen-bond acceptors (Lipinski definition) is 4. The molecule has 0 spiro atoms. The molecule has 3 rings (SSSR count). The lowest BCUT2D eigenvalue weighted by atomic mass is 9.96. The Morgan fingerprint density at radius 3 is 2.77 bits per heavy atom. The van der Waals surface area contributed by atoms with E-state index in [0.717, 1.165) is 31.2 Å². The van der Waals surface area contributed by atoms with Crippen molar-refractivity contribution >= 4 is 35.6 Å². The highest BCUT2D eigenvalue weighted by atomic mass is 127. The zero-order chi connectivity index (χ0) is 14.5. The van der Waals surface area contributed by atoms with E-state index in [-0.39, 0.29) is 24.0 Å². The van der Waals surface area contributed by atoms with Gasteiger partial charge in [0.15, 0.2) is 5.96 Å². The van der Waals surface area contributed by atoms with Crippen LogP contribution in [0.5, 0.6) is 0 Å². The Labute approximate surface area is 148 Å². The number of ether oxygens (including phenoxy) is 1. The SMILES string of the molecule is CN=C(NCCNc1ccncc1)NC1CC2CCC1O2.I. The molecule has 3 heterocycles. The number of halogens is 1. The highest BCUT2D eigenvalue weighted by Crippen LogP contribution is 2.34. The number of guanidine groups is 1. The number of rotatable bonds is 5. The first-order valence-corrected chi connectivity index (χ1v) is 7.61. The maximum absolute atomic E-state index is 5.85. The number of fused-ring (bicyclic) bond motifs is 2. The first kappa shape index (κ1) is 17.3. The number of aliphatic imine (C=N–C) groups is 1. The number of pyridine rings is 1. The summed E-state index contributed by atoms with van der Waals surface area (Å²) < 4.78 is 5.85. The van der Waals surface area contributed by atoms with Gasteiger partial charge in [0, 0.05) is 38.2 Å². The molecule has 0 aromatic carbocycles. The van der Waals surface area contributed by atoms with Crippen molar-refractivity contribution in [1.29, 1.82) is 0 Å². The Morgan fingerprint density at radius 1 is 1.32 bits per heavy atom. The van der Waals surface area contributed by atoms with Gasteiger partial charge in [0.1, 0.15) is 0 Å². The number of hydrogen-bond donors (Lipinski definition) is 3. The quantitative estimate of drug-likeness (QED) is 0.294. The first-order valence-electron chi connectivity index (χ1n) is 7.61. The van der Waals surface area contributed by atoms with Crippen molar-refractivity contribution in [2.75, 3.05) is 25.5 Å². The van der Waals surface area contributed by atoms with Gasteiger partial charge in [-0.05, 0) is 31.4 Å². The summed E-state index contributed by atoms with van der Waals surface area (Å²) in [6.45, 7) is 1.64. The van der Waals surface area contributed by atoms with Crippen molar-refractivity contribution in [3.8, 4) is 0 Å². The van der Waals surface area contributed by atoms with Gasteiger partial charge in [0.25, 0.3) is 0 Å². The van der Waals surface area contributed by atoms with Crippen LogP contribution in [0, 0.1) is 0 Å². The number of nitrogens with one attached hydrogen (secondary N) is 3. The standard InChI is InChI=1S/C15H23N5O.HI/c1-16-15(20-13-10-12-2-3-14(13)21-12)19-9-8-18-11-4-6-17-7-5-11;/h4-7,12-14H,2-3,8-10H2,1H3,(H,17,18)(H2,16,19,20);1H. The predicted molar refractivity (Wildman–Crippen MR) is 98.9 cm³/mol. The van der Waals surface area contributed by atoms with Crippen LogP contribution in [0.1, 0.15) is 19.3 Å². The lowest BCUT2D eigenvalue weighted by Gasteiger charge is -2.22. The molecule has 3 N–H and O–H groups in total. The molecule has 2 bridgehead atoms. The zero-order valence-electron chi connectivity index (χ0n) is 12.8. The van der Waals surface area contributed by atoms with Crippen LogP contribution in [-0.4, -0.2) is 49.3 Å². The van der Waals surface area contributed by atoms with Crippen LogP contribution in [-0.2, 0) is 4.74 Å². The maximum Gasteiger partial charge on any atom is 0.191 e. The van der Waals surface area contributed by atoms with Gasteiger partial charge in [-0.2, -0.15) is 0 Å². The summed E-state index contributed by atoms with van der Waals surface area (Å²) >= 11 is 0. The van der Waals surface area contributed by atoms with Crippen LogP contribution >= 0.6 is 24.0 Å². The molecule has 2 aliphatic heterocycles. The molecule has 122 valence electrons. The molecule has 3 atom stereocenters. The molecule has 22 heavy (non-hydrogen) atoms. The molecule has 1 aromatic heterocycles. The van der Waals surface area contributed by atoms with Crippen LogP contribution in [0.2, 0.25) is 0 Å². The first-order chi connectivity index (χ1) is 10.3. The molecule has 2 aliphatic rings. The lowest BCUT2D eigenvalue weighted by molar-refractivity contribution is 0.0992. The molecule has 0 saturated carbocycles. The number of nitrogens with zero attached hydrogens (tertiary/aromatic N) is 2. The van der Waals surface area contributed by atoms with Crippen molar-refractivity contribution < 1.29 is 4.74 Å². The Bertz CT molecular complexity index is 484. The lowest BCUT2D eigenvalue weighted by Crippen LogP contribution is -2.48. The van der Waals surface area contributed by atoms with Crippen molar-refractivity contribution in [1.82, 2.24) is 15.6 Å². The molecule has 0 aliphatic carbocycles. The molecular weight excluding hydrogens is 393 g/mol. The molecule has 0 radical (unpaired) electrons. The number of anilines is 1. The van der Waals surface area contributed by atoms with Crippen LogP contribution in [0.4, 0.5) is 5.69 Å². The normalized spacial score (nSPS) is 26.4. The summed E-state index contributed by atoms with van der Waals surface area (Å²) in [5.74, 6) is 0.854. The highest BCUT2D eigenvalue weighted by molar-refractivity contribution is 14.0. The average Bonchev–Trinajstić information content (AvgIpc) is 3.14. The van der Waals surface area contributed by atoms with E-state index in [0.29, 0.717) is 18.2 Å². The Kier molecular flexibility index (Phi) is 6.69. The topological polar surface area (TPSA) is 70.6 Å². The second-order valence-electron chi connectivity index (χ2n) is 5.52. The smallest absolute Gasteiger partial charge is 0.191 e. The minimum atomic E-state index is 0. The average molecular weight is 417 g/mol. The molecule has 7 heteroatoms. The van der Waals surface area contributed by atoms with E-state index >= 15 is 0 Å². The third-order valence-electron chi connectivity index (χ3n) is 4.08. The third-order valence-corrected chi connectivity index (χ3v) is 4.08. The summed E-state index contributed by atoms with van der Waals surface area (Å²) in [7, 11) is 1.81. The van der Waals surface area contributed by atoms with Crippen LogP contribution in [0.3, 0.4) is 0 Å². The van der Waals surface area contributed by atoms with Gasteiger partial charge < -0.3 is 20.7 Å². The van der Waals surface area contributed by atoms with Gasteiger partial charge in [-0.3, -0.25) is 9.98 Å². The molecule has 1 aromatic rings. The van der Waals surface area contributed by atoms with Gasteiger partial charge in [-0.15, -0.1) is 24.0 Å². The Balaban J connectivity index is 0.00000176. The van der Waals surface area contributed by atoms with E-state index in [1.807, 2.05) is 12.1 Å². The summed E-state index contributed by atoms with van der Waals surface area (Å²) in [5, 5.41) is 10.1. The second-order valence-corrected chi connectivity index (χ2v) is 5.52. The second kappa shape index (κ2) is 8.52. The molecule has 3 unspecified atom stereocenters. The van der Waals surface area contributed by atoms with E-state index in [1.165, 1.54) is 12.8 Å². The van der Waals surface area contributed by atoms with Crippen molar-refractivity contribution in [3.05, 3.63) is 24.5 Å². The van der Waals surface area contributed by atoms with E-state index in [4.69, 9.17) is 4.74 Å². The summed E-state index contributed by atoms with van der Waals surface area (Å²) in [4.78, 5) is 8.28. The Morgan fingerprint density at radius 2 is 2.14 bits per heavy atom. The highest BCUT2D eigenvalue weighted by Gasteiger charge is 2.40. The molecule has 2 fully saturated rings. The minimum absolute atomic E-state index is 0. The van der Waals surface area contributed by atoms with Crippen LogP contribution in [0.15, 0.2) is 29.5 Å². The van der Waals surface area contributed by atoms with E-state index in [2.05, 4.69) is 25.9 Å². The molecule has 0 amide bonds. The summed E-state index contributed by atoms with van der Waals surface area (Å²) in [5.41, 5.74) is 1.08. The van der Waals surface area contributed by atoms with Crippen LogP contribution < -0.4 is 16.0 Å². The maximum atomic E-state index is 5.85. The van der Waals surface area contributed by atoms with Gasteiger partial charge in [0.2, 0.25) is 0 Å². The van der Waals surface area contributed by atoms with E-state index in [1.54, 1.807) is 19.4 Å². The van der Waals surface area contributed by atoms with Crippen molar-refractivity contribution in [2.45, 2.75) is 37.5 Å². The largest absolute Gasteiger partial charge is 0.383 e. The number of aromatic nitrogens is 1. The van der Waals surface area contributed by atoms with Gasteiger partial charge >= 0.3 is 0 Å². The molecular formula is C15H24IN5O. The fourth-order valence-electron chi connectivity index (χ4n) is 3.02. The van der Waals surface area contributed by atoms with E-state index in [9.17, 15) is 0 Å². The minimum Gasteiger partial charge on any atom is -0.383 e.